The zero-order valence-corrected chi connectivity index (χ0v) is 11.5. The van der Waals surface area contributed by atoms with Gasteiger partial charge in [0.1, 0.15) is 6.04 Å². The molecule has 0 aliphatic carbocycles. The lowest BCUT2D eigenvalue weighted by atomic mass is 10.0. The molecule has 0 aliphatic heterocycles. The average Bonchev–Trinajstić information content (AvgIpc) is 2.30. The van der Waals surface area contributed by atoms with Crippen LogP contribution in [0.1, 0.15) is 31.5 Å². The number of hydrogen-bond acceptors (Lipinski definition) is 3. The fourth-order valence-electron chi connectivity index (χ4n) is 1.73. The van der Waals surface area contributed by atoms with Crippen molar-refractivity contribution in [1.82, 2.24) is 10.3 Å². The molecule has 1 aromatic rings. The number of aryl methyl sites for hydroxylation is 1. The number of carboxylic acid groups (broad SMARTS) is 1. The monoisotopic (exact) mass is 264 g/mol. The second kappa shape index (κ2) is 6.87. The van der Waals surface area contributed by atoms with Crippen LogP contribution in [0.4, 0.5) is 0 Å². The smallest absolute Gasteiger partial charge is 0.326 e. The van der Waals surface area contributed by atoms with Crippen molar-refractivity contribution in [3.63, 3.8) is 0 Å². The number of rotatable bonds is 6. The first-order chi connectivity index (χ1) is 8.88. The lowest BCUT2D eigenvalue weighted by Gasteiger charge is -2.16. The predicted molar refractivity (Wildman–Crippen MR) is 71.7 cm³/mol. The lowest BCUT2D eigenvalue weighted by Crippen LogP contribution is -2.42. The van der Waals surface area contributed by atoms with Crippen LogP contribution in [0.15, 0.2) is 18.3 Å². The summed E-state index contributed by atoms with van der Waals surface area (Å²) in [6.45, 7) is 5.71. The molecule has 1 aromatic heterocycles. The SMILES string of the molecule is Cc1ccc(CC(=O)NC(CC(C)C)C(=O)O)cn1. The molecule has 0 bridgehead atoms. The second-order valence-electron chi connectivity index (χ2n) is 5.07. The van der Waals surface area contributed by atoms with Gasteiger partial charge in [-0.15, -0.1) is 0 Å². The molecular formula is C14H20N2O3. The quantitative estimate of drug-likeness (QED) is 0.817. The van der Waals surface area contributed by atoms with Gasteiger partial charge in [-0.05, 0) is 30.9 Å². The van der Waals surface area contributed by atoms with Crippen molar-refractivity contribution in [3.8, 4) is 0 Å². The number of pyridine rings is 1. The Morgan fingerprint density at radius 3 is 2.53 bits per heavy atom. The number of aromatic nitrogens is 1. The van der Waals surface area contributed by atoms with E-state index >= 15 is 0 Å². The van der Waals surface area contributed by atoms with Crippen LogP contribution in [0.3, 0.4) is 0 Å². The Balaban J connectivity index is 2.57. The molecule has 5 heteroatoms. The summed E-state index contributed by atoms with van der Waals surface area (Å²) in [6, 6.07) is 2.82. The van der Waals surface area contributed by atoms with Crippen LogP contribution in [0.25, 0.3) is 0 Å². The first kappa shape index (κ1) is 15.1. The summed E-state index contributed by atoms with van der Waals surface area (Å²) in [5.41, 5.74) is 1.66. The number of nitrogens with one attached hydrogen (secondary N) is 1. The third kappa shape index (κ3) is 5.50. The van der Waals surface area contributed by atoms with E-state index in [2.05, 4.69) is 10.3 Å². The van der Waals surface area contributed by atoms with E-state index in [1.54, 1.807) is 6.20 Å². The Morgan fingerprint density at radius 2 is 2.05 bits per heavy atom. The van der Waals surface area contributed by atoms with Crippen LogP contribution < -0.4 is 5.32 Å². The zero-order chi connectivity index (χ0) is 14.4. The second-order valence-corrected chi connectivity index (χ2v) is 5.07. The Bertz CT molecular complexity index is 441. The minimum Gasteiger partial charge on any atom is -0.480 e. The van der Waals surface area contributed by atoms with E-state index in [4.69, 9.17) is 5.11 Å². The molecule has 104 valence electrons. The molecule has 0 radical (unpaired) electrons. The number of carbonyl (C=O) groups excluding carboxylic acids is 1. The standard InChI is InChI=1S/C14H20N2O3/c1-9(2)6-12(14(18)19)16-13(17)7-11-5-4-10(3)15-8-11/h4-5,8-9,12H,6-7H2,1-3H3,(H,16,17)(H,18,19). The van der Waals surface area contributed by atoms with Gasteiger partial charge in [0.25, 0.3) is 0 Å². The molecule has 0 aromatic carbocycles. The maximum Gasteiger partial charge on any atom is 0.326 e. The van der Waals surface area contributed by atoms with Gasteiger partial charge in [0.05, 0.1) is 6.42 Å². The Morgan fingerprint density at radius 1 is 1.37 bits per heavy atom. The average molecular weight is 264 g/mol. The molecule has 5 nitrogen and oxygen atoms in total. The highest BCUT2D eigenvalue weighted by Crippen LogP contribution is 2.06. The van der Waals surface area contributed by atoms with Crippen LogP contribution in [0, 0.1) is 12.8 Å². The number of hydrogen-bond donors (Lipinski definition) is 2. The summed E-state index contributed by atoms with van der Waals surface area (Å²) in [7, 11) is 0. The maximum absolute atomic E-state index is 11.8. The molecule has 0 saturated carbocycles. The number of aliphatic carboxylic acids is 1. The van der Waals surface area contributed by atoms with Crippen LogP contribution in [-0.4, -0.2) is 28.0 Å². The molecule has 19 heavy (non-hydrogen) atoms. The zero-order valence-electron chi connectivity index (χ0n) is 11.5. The third-order valence-corrected chi connectivity index (χ3v) is 2.68. The predicted octanol–water partition coefficient (Wildman–Crippen LogP) is 1.55. The number of carboxylic acids is 1. The molecule has 2 N–H and O–H groups in total. The first-order valence-electron chi connectivity index (χ1n) is 6.32. The molecule has 1 rings (SSSR count). The highest BCUT2D eigenvalue weighted by Gasteiger charge is 2.20. The summed E-state index contributed by atoms with van der Waals surface area (Å²) in [4.78, 5) is 26.9. The van der Waals surface area contributed by atoms with Crippen molar-refractivity contribution in [1.29, 1.82) is 0 Å². The molecule has 1 atom stereocenters. The number of amides is 1. The van der Waals surface area contributed by atoms with E-state index in [0.29, 0.717) is 6.42 Å². The normalized spacial score (nSPS) is 12.2. The Labute approximate surface area is 113 Å². The lowest BCUT2D eigenvalue weighted by molar-refractivity contribution is -0.142. The molecule has 1 heterocycles. The van der Waals surface area contributed by atoms with Gasteiger partial charge in [-0.2, -0.15) is 0 Å². The van der Waals surface area contributed by atoms with E-state index in [-0.39, 0.29) is 18.2 Å². The minimum absolute atomic E-state index is 0.148. The molecule has 0 aliphatic rings. The highest BCUT2D eigenvalue weighted by atomic mass is 16.4. The van der Waals surface area contributed by atoms with Gasteiger partial charge in [0.15, 0.2) is 0 Å². The van der Waals surface area contributed by atoms with Gasteiger partial charge in [0, 0.05) is 11.9 Å². The largest absolute Gasteiger partial charge is 0.480 e. The maximum atomic E-state index is 11.8. The van der Waals surface area contributed by atoms with E-state index in [1.807, 2.05) is 32.9 Å². The van der Waals surface area contributed by atoms with Crippen LogP contribution in [0.2, 0.25) is 0 Å². The van der Waals surface area contributed by atoms with Crippen molar-refractivity contribution in [3.05, 3.63) is 29.6 Å². The van der Waals surface area contributed by atoms with E-state index in [0.717, 1.165) is 11.3 Å². The van der Waals surface area contributed by atoms with Crippen molar-refractivity contribution in [2.45, 2.75) is 39.7 Å². The molecule has 1 unspecified atom stereocenters. The molecular weight excluding hydrogens is 244 g/mol. The summed E-state index contributed by atoms with van der Waals surface area (Å²) < 4.78 is 0. The fourth-order valence-corrected chi connectivity index (χ4v) is 1.73. The van der Waals surface area contributed by atoms with E-state index < -0.39 is 12.0 Å². The Hall–Kier alpha value is -1.91. The van der Waals surface area contributed by atoms with Crippen molar-refractivity contribution < 1.29 is 14.7 Å². The van der Waals surface area contributed by atoms with Crippen LogP contribution in [-0.2, 0) is 16.0 Å². The van der Waals surface area contributed by atoms with Gasteiger partial charge in [0.2, 0.25) is 5.91 Å². The van der Waals surface area contributed by atoms with Crippen molar-refractivity contribution in [2.75, 3.05) is 0 Å². The van der Waals surface area contributed by atoms with Crippen LogP contribution in [0.5, 0.6) is 0 Å². The van der Waals surface area contributed by atoms with Gasteiger partial charge in [-0.1, -0.05) is 19.9 Å². The van der Waals surface area contributed by atoms with Crippen molar-refractivity contribution in [2.24, 2.45) is 5.92 Å². The van der Waals surface area contributed by atoms with Gasteiger partial charge in [-0.3, -0.25) is 9.78 Å². The summed E-state index contributed by atoms with van der Waals surface area (Å²) in [6.07, 6.45) is 2.20. The van der Waals surface area contributed by atoms with Crippen molar-refractivity contribution >= 4 is 11.9 Å². The summed E-state index contributed by atoms with van der Waals surface area (Å²) in [5.74, 6) is -1.08. The topological polar surface area (TPSA) is 79.3 Å². The molecule has 0 spiro atoms. The van der Waals surface area contributed by atoms with Gasteiger partial charge in [-0.25, -0.2) is 4.79 Å². The minimum atomic E-state index is -0.996. The Kier molecular flexibility index (Phi) is 5.48. The van der Waals surface area contributed by atoms with E-state index in [9.17, 15) is 9.59 Å². The number of nitrogens with zero attached hydrogens (tertiary/aromatic N) is 1. The number of carbonyl (C=O) groups is 2. The van der Waals surface area contributed by atoms with Gasteiger partial charge >= 0.3 is 5.97 Å². The van der Waals surface area contributed by atoms with E-state index in [1.165, 1.54) is 0 Å². The first-order valence-corrected chi connectivity index (χ1v) is 6.32. The molecule has 0 fully saturated rings. The highest BCUT2D eigenvalue weighted by molar-refractivity contribution is 5.84. The van der Waals surface area contributed by atoms with Crippen LogP contribution >= 0.6 is 0 Å². The fraction of sp³-hybridized carbons (Fsp3) is 0.500. The molecule has 1 amide bonds. The van der Waals surface area contributed by atoms with Gasteiger partial charge < -0.3 is 10.4 Å². The molecule has 0 saturated heterocycles. The summed E-state index contributed by atoms with van der Waals surface area (Å²) >= 11 is 0. The summed E-state index contributed by atoms with van der Waals surface area (Å²) in [5, 5.41) is 11.6. The third-order valence-electron chi connectivity index (χ3n) is 2.68.